The number of thiazole rings is 1. The zero-order valence-electron chi connectivity index (χ0n) is 11.3. The Balaban J connectivity index is 2.28. The summed E-state index contributed by atoms with van der Waals surface area (Å²) in [5.74, 6) is -1.17. The molecule has 106 valence electrons. The number of nitrogens with one attached hydrogen (secondary N) is 1. The predicted molar refractivity (Wildman–Crippen MR) is 74.3 cm³/mol. The summed E-state index contributed by atoms with van der Waals surface area (Å²) in [4.78, 5) is 26.9. The predicted octanol–water partition coefficient (Wildman–Crippen LogP) is 2.14. The molecule has 0 spiro atoms. The first-order valence-electron chi connectivity index (χ1n) is 6.46. The van der Waals surface area contributed by atoms with Crippen LogP contribution in [0.15, 0.2) is 5.38 Å². The minimum Gasteiger partial charge on any atom is -0.480 e. The van der Waals surface area contributed by atoms with E-state index >= 15 is 0 Å². The van der Waals surface area contributed by atoms with E-state index in [0.717, 1.165) is 23.5 Å². The van der Waals surface area contributed by atoms with Gasteiger partial charge in [-0.05, 0) is 26.2 Å². The van der Waals surface area contributed by atoms with Crippen LogP contribution < -0.4 is 5.32 Å². The Bertz CT molecular complexity index is 431. The van der Waals surface area contributed by atoms with Gasteiger partial charge in [0.05, 0.1) is 10.7 Å². The van der Waals surface area contributed by atoms with Gasteiger partial charge in [0, 0.05) is 11.8 Å². The number of carboxylic acid groups (broad SMARTS) is 1. The molecule has 0 saturated carbocycles. The normalized spacial score (nSPS) is 12.1. The summed E-state index contributed by atoms with van der Waals surface area (Å²) < 4.78 is 0. The summed E-state index contributed by atoms with van der Waals surface area (Å²) >= 11 is 1.60. The minimum absolute atomic E-state index is 0.201. The number of carboxylic acids is 1. The highest BCUT2D eigenvalue weighted by molar-refractivity contribution is 7.09. The molecule has 2 N–H and O–H groups in total. The van der Waals surface area contributed by atoms with E-state index in [9.17, 15) is 9.59 Å². The molecule has 6 heteroatoms. The molecule has 1 aromatic rings. The quantitative estimate of drug-likeness (QED) is 0.766. The molecule has 5 nitrogen and oxygen atoms in total. The molecule has 0 aliphatic carbocycles. The van der Waals surface area contributed by atoms with Crippen molar-refractivity contribution in [3.05, 3.63) is 16.1 Å². The zero-order valence-corrected chi connectivity index (χ0v) is 12.1. The van der Waals surface area contributed by atoms with Crippen molar-refractivity contribution < 1.29 is 14.7 Å². The van der Waals surface area contributed by atoms with Crippen molar-refractivity contribution >= 4 is 23.2 Å². The molecule has 1 unspecified atom stereocenters. The van der Waals surface area contributed by atoms with Crippen LogP contribution in [-0.2, 0) is 16.0 Å². The van der Waals surface area contributed by atoms with Gasteiger partial charge in [0.15, 0.2) is 0 Å². The van der Waals surface area contributed by atoms with E-state index in [1.165, 1.54) is 0 Å². The van der Waals surface area contributed by atoms with Gasteiger partial charge in [-0.25, -0.2) is 9.78 Å². The highest BCUT2D eigenvalue weighted by Gasteiger charge is 2.18. The molecule has 19 heavy (non-hydrogen) atoms. The molecule has 1 rings (SSSR count). The van der Waals surface area contributed by atoms with Crippen molar-refractivity contribution in [1.82, 2.24) is 10.3 Å². The number of hydrogen-bond donors (Lipinski definition) is 2. The number of carbonyl (C=O) groups is 2. The Kier molecular flexibility index (Phi) is 6.49. The van der Waals surface area contributed by atoms with E-state index in [2.05, 4.69) is 10.3 Å². The molecular formula is C13H20N2O3S. The highest BCUT2D eigenvalue weighted by Crippen LogP contribution is 2.10. The van der Waals surface area contributed by atoms with Crippen LogP contribution in [0.2, 0.25) is 0 Å². The second-order valence-corrected chi connectivity index (χ2v) is 5.52. The van der Waals surface area contributed by atoms with E-state index in [0.29, 0.717) is 19.3 Å². The van der Waals surface area contributed by atoms with Crippen molar-refractivity contribution in [1.29, 1.82) is 0 Å². The molecule has 0 aromatic carbocycles. The fourth-order valence-corrected chi connectivity index (χ4v) is 2.41. The van der Waals surface area contributed by atoms with Gasteiger partial charge in [0.1, 0.15) is 6.04 Å². The second-order valence-electron chi connectivity index (χ2n) is 4.46. The Morgan fingerprint density at radius 2 is 2.26 bits per heavy atom. The van der Waals surface area contributed by atoms with Crippen molar-refractivity contribution in [3.8, 4) is 0 Å². The van der Waals surface area contributed by atoms with Gasteiger partial charge in [-0.1, -0.05) is 13.3 Å². The molecular weight excluding hydrogens is 264 g/mol. The van der Waals surface area contributed by atoms with E-state index in [1.807, 2.05) is 19.2 Å². The number of carbonyl (C=O) groups excluding carboxylic acids is 1. The van der Waals surface area contributed by atoms with Gasteiger partial charge in [-0.15, -0.1) is 11.3 Å². The van der Waals surface area contributed by atoms with Crippen molar-refractivity contribution in [2.24, 2.45) is 0 Å². The summed E-state index contributed by atoms with van der Waals surface area (Å²) in [6.07, 6.45) is 2.97. The number of rotatable bonds is 8. The molecule has 1 atom stereocenters. The van der Waals surface area contributed by atoms with Crippen LogP contribution in [-0.4, -0.2) is 28.0 Å². The average molecular weight is 284 g/mol. The molecule has 0 aliphatic heterocycles. The molecule has 0 radical (unpaired) electrons. The topological polar surface area (TPSA) is 79.3 Å². The monoisotopic (exact) mass is 284 g/mol. The minimum atomic E-state index is -0.967. The number of aromatic nitrogens is 1. The first-order valence-corrected chi connectivity index (χ1v) is 7.34. The summed E-state index contributed by atoms with van der Waals surface area (Å²) in [6.45, 7) is 3.84. The SMILES string of the molecule is CCCC(NC(=O)CCCc1csc(C)n1)C(=O)O. The van der Waals surface area contributed by atoms with E-state index < -0.39 is 12.0 Å². The standard InChI is InChI=1S/C13H20N2O3S/c1-3-5-11(13(17)18)15-12(16)7-4-6-10-8-19-9(2)14-10/h8,11H,3-7H2,1-2H3,(H,15,16)(H,17,18). The molecule has 0 aliphatic rings. The van der Waals surface area contributed by atoms with Gasteiger partial charge in [0.25, 0.3) is 0 Å². The summed E-state index contributed by atoms with van der Waals surface area (Å²) in [7, 11) is 0. The maximum absolute atomic E-state index is 11.6. The maximum atomic E-state index is 11.6. The summed E-state index contributed by atoms with van der Waals surface area (Å²) in [6, 6.07) is -0.765. The molecule has 1 amide bonds. The summed E-state index contributed by atoms with van der Waals surface area (Å²) in [5, 5.41) is 14.5. The first-order chi connectivity index (χ1) is 9.02. The number of aliphatic carboxylic acids is 1. The van der Waals surface area contributed by atoms with Crippen molar-refractivity contribution in [2.45, 2.75) is 52.0 Å². The lowest BCUT2D eigenvalue weighted by molar-refractivity contribution is -0.142. The Labute approximate surface area is 117 Å². The van der Waals surface area contributed by atoms with Gasteiger partial charge in [-0.3, -0.25) is 4.79 Å². The van der Waals surface area contributed by atoms with Gasteiger partial charge in [-0.2, -0.15) is 0 Å². The smallest absolute Gasteiger partial charge is 0.326 e. The number of aryl methyl sites for hydroxylation is 2. The van der Waals surface area contributed by atoms with E-state index in [-0.39, 0.29) is 5.91 Å². The van der Waals surface area contributed by atoms with Gasteiger partial charge >= 0.3 is 5.97 Å². The van der Waals surface area contributed by atoms with Gasteiger partial charge < -0.3 is 10.4 Å². The molecule has 1 heterocycles. The lowest BCUT2D eigenvalue weighted by Crippen LogP contribution is -2.40. The zero-order chi connectivity index (χ0) is 14.3. The lowest BCUT2D eigenvalue weighted by atomic mass is 10.1. The fourth-order valence-electron chi connectivity index (χ4n) is 1.77. The van der Waals surface area contributed by atoms with Crippen LogP contribution in [0.3, 0.4) is 0 Å². The maximum Gasteiger partial charge on any atom is 0.326 e. The Morgan fingerprint density at radius 3 is 2.79 bits per heavy atom. The average Bonchev–Trinajstić information content (AvgIpc) is 2.74. The van der Waals surface area contributed by atoms with Crippen LogP contribution in [0.1, 0.15) is 43.3 Å². The largest absolute Gasteiger partial charge is 0.480 e. The van der Waals surface area contributed by atoms with Gasteiger partial charge in [0.2, 0.25) is 5.91 Å². The van der Waals surface area contributed by atoms with Crippen LogP contribution in [0.25, 0.3) is 0 Å². The molecule has 0 bridgehead atoms. The van der Waals surface area contributed by atoms with Crippen LogP contribution in [0, 0.1) is 6.92 Å². The third-order valence-corrected chi connectivity index (χ3v) is 3.54. The fraction of sp³-hybridized carbons (Fsp3) is 0.615. The second kappa shape index (κ2) is 7.89. The molecule has 0 fully saturated rings. The number of amides is 1. The first kappa shape index (κ1) is 15.6. The molecule has 1 aromatic heterocycles. The van der Waals surface area contributed by atoms with Crippen molar-refractivity contribution in [2.75, 3.05) is 0 Å². The Hall–Kier alpha value is -1.43. The van der Waals surface area contributed by atoms with Crippen LogP contribution in [0.5, 0.6) is 0 Å². The van der Waals surface area contributed by atoms with E-state index in [4.69, 9.17) is 5.11 Å². The number of hydrogen-bond acceptors (Lipinski definition) is 4. The van der Waals surface area contributed by atoms with Crippen LogP contribution >= 0.6 is 11.3 Å². The van der Waals surface area contributed by atoms with Crippen molar-refractivity contribution in [3.63, 3.8) is 0 Å². The lowest BCUT2D eigenvalue weighted by Gasteiger charge is -2.13. The van der Waals surface area contributed by atoms with Crippen LogP contribution in [0.4, 0.5) is 0 Å². The Morgan fingerprint density at radius 1 is 1.53 bits per heavy atom. The number of nitrogens with zero attached hydrogens (tertiary/aromatic N) is 1. The molecule has 0 saturated heterocycles. The third kappa shape index (κ3) is 5.83. The summed E-state index contributed by atoms with van der Waals surface area (Å²) in [5.41, 5.74) is 0.999. The van der Waals surface area contributed by atoms with E-state index in [1.54, 1.807) is 11.3 Å². The third-order valence-electron chi connectivity index (χ3n) is 2.71. The highest BCUT2D eigenvalue weighted by atomic mass is 32.1.